The minimum absolute atomic E-state index is 0.0219. The Balaban J connectivity index is 1.80. The van der Waals surface area contributed by atoms with Crippen LogP contribution in [0.4, 0.5) is 0 Å². The molecule has 1 atom stereocenters. The summed E-state index contributed by atoms with van der Waals surface area (Å²) in [5, 5.41) is 6.45. The van der Waals surface area contributed by atoms with Gasteiger partial charge in [-0.2, -0.15) is 0 Å². The van der Waals surface area contributed by atoms with Gasteiger partial charge in [0, 0.05) is 19.1 Å². The van der Waals surface area contributed by atoms with Gasteiger partial charge in [-0.25, -0.2) is 8.42 Å². The molecule has 140 valence electrons. The Morgan fingerprint density at radius 2 is 2.00 bits per heavy atom. The van der Waals surface area contributed by atoms with Gasteiger partial charge in [0.1, 0.15) is 0 Å². The van der Waals surface area contributed by atoms with Crippen LogP contribution in [0.1, 0.15) is 50.7 Å². The number of rotatable bonds is 7. The van der Waals surface area contributed by atoms with Crippen LogP contribution in [-0.4, -0.2) is 45.0 Å². The van der Waals surface area contributed by atoms with E-state index in [9.17, 15) is 8.42 Å². The number of sulfone groups is 1. The van der Waals surface area contributed by atoms with Crippen molar-refractivity contribution in [3.05, 3.63) is 35.4 Å². The Hall–Kier alpha value is -1.56. The normalized spacial score (nSPS) is 20.0. The van der Waals surface area contributed by atoms with Crippen molar-refractivity contribution in [2.45, 2.75) is 52.0 Å². The molecule has 6 heteroatoms. The summed E-state index contributed by atoms with van der Waals surface area (Å²) >= 11 is 0. The van der Waals surface area contributed by atoms with Gasteiger partial charge in [-0.1, -0.05) is 38.1 Å². The molecule has 1 saturated heterocycles. The summed E-state index contributed by atoms with van der Waals surface area (Å²) < 4.78 is 23.1. The van der Waals surface area contributed by atoms with E-state index < -0.39 is 9.84 Å². The van der Waals surface area contributed by atoms with Crippen LogP contribution < -0.4 is 10.6 Å². The Labute approximate surface area is 152 Å². The average molecular weight is 366 g/mol. The maximum Gasteiger partial charge on any atom is 0.191 e. The van der Waals surface area contributed by atoms with Crippen molar-refractivity contribution in [2.24, 2.45) is 4.99 Å². The molecule has 1 aliphatic heterocycles. The maximum atomic E-state index is 11.6. The van der Waals surface area contributed by atoms with Gasteiger partial charge >= 0.3 is 0 Å². The number of hydrogen-bond acceptors (Lipinski definition) is 3. The second kappa shape index (κ2) is 9.22. The van der Waals surface area contributed by atoms with E-state index in [1.54, 1.807) is 0 Å². The molecule has 1 aliphatic rings. The van der Waals surface area contributed by atoms with E-state index in [1.165, 1.54) is 11.1 Å². The fourth-order valence-corrected chi connectivity index (χ4v) is 4.64. The summed E-state index contributed by atoms with van der Waals surface area (Å²) in [6.45, 7) is 7.91. The summed E-state index contributed by atoms with van der Waals surface area (Å²) in [6, 6.07) is 8.79. The lowest BCUT2D eigenvalue weighted by molar-refractivity contribution is 0.599. The van der Waals surface area contributed by atoms with Crippen LogP contribution in [0.5, 0.6) is 0 Å². The molecule has 1 fully saturated rings. The zero-order chi connectivity index (χ0) is 18.3. The maximum absolute atomic E-state index is 11.6. The summed E-state index contributed by atoms with van der Waals surface area (Å²) in [5.41, 5.74) is 2.70. The van der Waals surface area contributed by atoms with Crippen LogP contribution in [0.3, 0.4) is 0 Å². The highest BCUT2D eigenvalue weighted by atomic mass is 32.2. The highest BCUT2D eigenvalue weighted by Gasteiger charge is 2.28. The first kappa shape index (κ1) is 19.8. The first-order valence-corrected chi connectivity index (χ1v) is 11.1. The van der Waals surface area contributed by atoms with E-state index in [-0.39, 0.29) is 17.5 Å². The van der Waals surface area contributed by atoms with E-state index >= 15 is 0 Å². The van der Waals surface area contributed by atoms with Crippen molar-refractivity contribution in [1.82, 2.24) is 10.6 Å². The van der Waals surface area contributed by atoms with Crippen molar-refractivity contribution in [2.75, 3.05) is 24.6 Å². The SMILES string of the molecule is CCNC(=NCCCc1ccc(C(C)C)cc1)NC1CCS(=O)(=O)C1. The predicted molar refractivity (Wildman–Crippen MR) is 105 cm³/mol. The topological polar surface area (TPSA) is 70.6 Å². The molecular weight excluding hydrogens is 334 g/mol. The molecule has 1 heterocycles. The van der Waals surface area contributed by atoms with Gasteiger partial charge in [-0.3, -0.25) is 4.99 Å². The lowest BCUT2D eigenvalue weighted by Gasteiger charge is -2.15. The number of aryl methyl sites for hydroxylation is 1. The molecule has 25 heavy (non-hydrogen) atoms. The third-order valence-electron chi connectivity index (χ3n) is 4.46. The first-order chi connectivity index (χ1) is 11.9. The highest BCUT2D eigenvalue weighted by Crippen LogP contribution is 2.15. The fraction of sp³-hybridized carbons (Fsp3) is 0.632. The molecule has 0 radical (unpaired) electrons. The number of guanidine groups is 1. The van der Waals surface area contributed by atoms with Crippen molar-refractivity contribution >= 4 is 15.8 Å². The third kappa shape index (κ3) is 6.69. The van der Waals surface area contributed by atoms with Crippen LogP contribution in [0.25, 0.3) is 0 Å². The van der Waals surface area contributed by atoms with Crippen LogP contribution in [0.2, 0.25) is 0 Å². The second-order valence-electron chi connectivity index (χ2n) is 7.00. The van der Waals surface area contributed by atoms with Gasteiger partial charge < -0.3 is 10.6 Å². The summed E-state index contributed by atoms with van der Waals surface area (Å²) in [5.74, 6) is 1.77. The average Bonchev–Trinajstić information content (AvgIpc) is 2.90. The monoisotopic (exact) mass is 365 g/mol. The fourth-order valence-electron chi connectivity index (χ4n) is 2.97. The Morgan fingerprint density at radius 1 is 1.28 bits per heavy atom. The van der Waals surface area contributed by atoms with Gasteiger partial charge in [0.15, 0.2) is 15.8 Å². The summed E-state index contributed by atoms with van der Waals surface area (Å²) in [7, 11) is -2.87. The molecule has 0 saturated carbocycles. The van der Waals surface area contributed by atoms with Crippen molar-refractivity contribution in [3.8, 4) is 0 Å². The lowest BCUT2D eigenvalue weighted by atomic mass is 10.0. The van der Waals surface area contributed by atoms with E-state index in [4.69, 9.17) is 0 Å². The van der Waals surface area contributed by atoms with E-state index in [2.05, 4.69) is 53.7 Å². The van der Waals surface area contributed by atoms with Crippen LogP contribution in [0, 0.1) is 0 Å². The van der Waals surface area contributed by atoms with Crippen LogP contribution in [-0.2, 0) is 16.3 Å². The smallest absolute Gasteiger partial charge is 0.191 e. The Morgan fingerprint density at radius 3 is 2.56 bits per heavy atom. The molecule has 5 nitrogen and oxygen atoms in total. The lowest BCUT2D eigenvalue weighted by Crippen LogP contribution is -2.44. The number of aliphatic imine (C=N–C) groups is 1. The first-order valence-electron chi connectivity index (χ1n) is 9.23. The molecule has 0 spiro atoms. The quantitative estimate of drug-likeness (QED) is 0.442. The summed E-state index contributed by atoms with van der Waals surface area (Å²) in [4.78, 5) is 4.59. The molecule has 0 bridgehead atoms. The Kier molecular flexibility index (Phi) is 7.29. The zero-order valence-electron chi connectivity index (χ0n) is 15.6. The Bertz CT molecular complexity index is 666. The number of nitrogens with zero attached hydrogens (tertiary/aromatic N) is 1. The van der Waals surface area contributed by atoms with Gasteiger partial charge in [-0.15, -0.1) is 0 Å². The molecule has 0 aromatic heterocycles. The number of nitrogens with one attached hydrogen (secondary N) is 2. The largest absolute Gasteiger partial charge is 0.357 e. The molecule has 1 aromatic rings. The molecular formula is C19H31N3O2S. The predicted octanol–water partition coefficient (Wildman–Crippen LogP) is 2.48. The molecule has 2 rings (SSSR count). The highest BCUT2D eigenvalue weighted by molar-refractivity contribution is 7.91. The van der Waals surface area contributed by atoms with E-state index in [0.29, 0.717) is 12.3 Å². The minimum Gasteiger partial charge on any atom is -0.357 e. The van der Waals surface area contributed by atoms with E-state index in [1.807, 2.05) is 6.92 Å². The van der Waals surface area contributed by atoms with E-state index in [0.717, 1.165) is 31.9 Å². The zero-order valence-corrected chi connectivity index (χ0v) is 16.4. The van der Waals surface area contributed by atoms with Gasteiger partial charge in [0.05, 0.1) is 11.5 Å². The van der Waals surface area contributed by atoms with Crippen LogP contribution >= 0.6 is 0 Å². The van der Waals surface area contributed by atoms with Crippen molar-refractivity contribution < 1.29 is 8.42 Å². The third-order valence-corrected chi connectivity index (χ3v) is 6.23. The number of hydrogen-bond donors (Lipinski definition) is 2. The summed E-state index contributed by atoms with van der Waals surface area (Å²) in [6.07, 6.45) is 2.63. The van der Waals surface area contributed by atoms with Gasteiger partial charge in [0.2, 0.25) is 0 Å². The number of benzene rings is 1. The molecule has 2 N–H and O–H groups in total. The second-order valence-corrected chi connectivity index (χ2v) is 9.23. The van der Waals surface area contributed by atoms with Crippen LogP contribution in [0.15, 0.2) is 29.3 Å². The molecule has 0 aliphatic carbocycles. The molecule has 0 amide bonds. The minimum atomic E-state index is -2.87. The van der Waals surface area contributed by atoms with Crippen molar-refractivity contribution in [3.63, 3.8) is 0 Å². The van der Waals surface area contributed by atoms with Gasteiger partial charge in [0.25, 0.3) is 0 Å². The van der Waals surface area contributed by atoms with Crippen molar-refractivity contribution in [1.29, 1.82) is 0 Å². The standard InChI is InChI=1S/C19H31N3O2S/c1-4-20-19(22-18-11-13-25(23,24)14-18)21-12-5-6-16-7-9-17(10-8-16)15(2)3/h7-10,15,18H,4-6,11-14H2,1-3H3,(H2,20,21,22). The molecule has 1 unspecified atom stereocenters. The molecule has 1 aromatic carbocycles. The van der Waals surface area contributed by atoms with Gasteiger partial charge in [-0.05, 0) is 43.2 Å².